The molecule has 0 radical (unpaired) electrons. The molecule has 0 fully saturated rings. The number of aryl methyl sites for hydroxylation is 1. The number of nitrogens with one attached hydrogen (secondary N) is 1. The third-order valence-corrected chi connectivity index (χ3v) is 3.41. The molecule has 3 rings (SSSR count). The lowest BCUT2D eigenvalue weighted by molar-refractivity contribution is 0.776. The summed E-state index contributed by atoms with van der Waals surface area (Å²) in [7, 11) is 0. The maximum absolute atomic E-state index is 4.56. The van der Waals surface area contributed by atoms with Gasteiger partial charge in [0.25, 0.3) is 0 Å². The summed E-state index contributed by atoms with van der Waals surface area (Å²) in [4.78, 5) is 4.22. The first kappa shape index (κ1) is 11.9. The van der Waals surface area contributed by atoms with Gasteiger partial charge in [0.2, 0.25) is 0 Å². The Kier molecular flexibility index (Phi) is 3.54. The summed E-state index contributed by atoms with van der Waals surface area (Å²) in [6.45, 7) is 0. The van der Waals surface area contributed by atoms with E-state index < -0.39 is 0 Å². The van der Waals surface area contributed by atoms with Crippen LogP contribution in [-0.2, 0) is 6.42 Å². The Hall–Kier alpha value is -2.16. The van der Waals surface area contributed by atoms with Crippen molar-refractivity contribution in [3.8, 4) is 0 Å². The Morgan fingerprint density at radius 2 is 1.79 bits per heavy atom. The molecule has 96 valence electrons. The molecule has 0 saturated heterocycles. The van der Waals surface area contributed by atoms with E-state index in [1.54, 1.807) is 6.20 Å². The Balaban J connectivity index is 1.88. The number of hydrazone groups is 1. The van der Waals surface area contributed by atoms with Crippen LogP contribution >= 0.6 is 0 Å². The van der Waals surface area contributed by atoms with Gasteiger partial charge in [-0.2, -0.15) is 5.10 Å². The molecule has 2 aromatic rings. The highest BCUT2D eigenvalue weighted by Gasteiger charge is 2.13. The van der Waals surface area contributed by atoms with Gasteiger partial charge in [0.05, 0.1) is 5.71 Å². The quantitative estimate of drug-likeness (QED) is 0.653. The van der Waals surface area contributed by atoms with E-state index >= 15 is 0 Å². The zero-order chi connectivity index (χ0) is 12.9. The molecule has 0 atom stereocenters. The van der Waals surface area contributed by atoms with Crippen molar-refractivity contribution in [1.29, 1.82) is 0 Å². The normalized spacial score (nSPS) is 16.7. The van der Waals surface area contributed by atoms with E-state index in [1.807, 2.05) is 18.2 Å². The molecule has 1 aromatic carbocycles. The molecule has 1 aromatic heterocycles. The fourth-order valence-corrected chi connectivity index (χ4v) is 2.43. The summed E-state index contributed by atoms with van der Waals surface area (Å²) in [5.74, 6) is 0.789. The first-order valence-electron chi connectivity index (χ1n) is 6.75. The van der Waals surface area contributed by atoms with E-state index in [0.717, 1.165) is 24.4 Å². The molecule has 0 saturated carbocycles. The van der Waals surface area contributed by atoms with E-state index in [2.05, 4.69) is 39.8 Å². The number of nitrogens with zero attached hydrogens (tertiary/aromatic N) is 2. The monoisotopic (exact) mass is 251 g/mol. The molecule has 1 N–H and O–H groups in total. The summed E-state index contributed by atoms with van der Waals surface area (Å²) in [5.41, 5.74) is 6.88. The van der Waals surface area contributed by atoms with Gasteiger partial charge in [-0.1, -0.05) is 30.3 Å². The zero-order valence-electron chi connectivity index (χ0n) is 10.8. The molecule has 3 nitrogen and oxygen atoms in total. The summed E-state index contributed by atoms with van der Waals surface area (Å²) < 4.78 is 0. The molecule has 1 aliphatic rings. The third kappa shape index (κ3) is 2.81. The van der Waals surface area contributed by atoms with E-state index in [0.29, 0.717) is 0 Å². The lowest BCUT2D eigenvalue weighted by Crippen LogP contribution is -2.05. The molecule has 0 amide bonds. The molecule has 1 aliphatic carbocycles. The number of aromatic nitrogens is 1. The zero-order valence-corrected chi connectivity index (χ0v) is 10.8. The average molecular weight is 251 g/mol. The highest BCUT2D eigenvalue weighted by atomic mass is 15.3. The van der Waals surface area contributed by atoms with Gasteiger partial charge in [-0.05, 0) is 43.4 Å². The minimum Gasteiger partial charge on any atom is -0.261 e. The summed E-state index contributed by atoms with van der Waals surface area (Å²) in [6, 6.07) is 14.3. The fraction of sp³-hybridized carbons (Fsp3) is 0.250. The number of hydrogen-bond donors (Lipinski definition) is 1. The maximum atomic E-state index is 4.56. The molecular weight excluding hydrogens is 234 g/mol. The van der Waals surface area contributed by atoms with Crippen molar-refractivity contribution < 1.29 is 0 Å². The van der Waals surface area contributed by atoms with Gasteiger partial charge in [-0.3, -0.25) is 5.43 Å². The number of fused-ring (bicyclic) bond motifs is 1. The standard InChI is InChI=1S/C16H17N3/c1-3-9-14-13(7-1)8-2-4-10-15(14)18-19-16-11-5-6-12-17-16/h1,3,5-7,9,11-12H,2,4,8,10H2,(H,17,19)/b18-15-. The molecule has 0 aliphatic heterocycles. The van der Waals surface area contributed by atoms with Gasteiger partial charge in [-0.15, -0.1) is 0 Å². The summed E-state index contributed by atoms with van der Waals surface area (Å²) in [6.07, 6.45) is 6.37. The van der Waals surface area contributed by atoms with E-state index in [-0.39, 0.29) is 0 Å². The SMILES string of the molecule is c1ccc(N/N=C2/CCCCc3ccccc32)nc1. The smallest absolute Gasteiger partial charge is 0.146 e. The molecular formula is C16H17N3. The maximum Gasteiger partial charge on any atom is 0.146 e. The van der Waals surface area contributed by atoms with Crippen LogP contribution in [0.2, 0.25) is 0 Å². The highest BCUT2D eigenvalue weighted by Crippen LogP contribution is 2.21. The Bertz CT molecular complexity index is 576. The molecule has 19 heavy (non-hydrogen) atoms. The van der Waals surface area contributed by atoms with E-state index in [9.17, 15) is 0 Å². The number of anilines is 1. The topological polar surface area (TPSA) is 37.3 Å². The summed E-state index contributed by atoms with van der Waals surface area (Å²) in [5, 5.41) is 4.56. The highest BCUT2D eigenvalue weighted by molar-refractivity contribution is 6.02. The second-order valence-corrected chi connectivity index (χ2v) is 4.75. The largest absolute Gasteiger partial charge is 0.261 e. The number of rotatable bonds is 2. The number of hydrogen-bond acceptors (Lipinski definition) is 3. The van der Waals surface area contributed by atoms with Crippen molar-refractivity contribution in [2.24, 2.45) is 5.10 Å². The summed E-state index contributed by atoms with van der Waals surface area (Å²) >= 11 is 0. The average Bonchev–Trinajstić information content (AvgIpc) is 2.68. The van der Waals surface area contributed by atoms with Crippen molar-refractivity contribution in [2.75, 3.05) is 5.43 Å². The van der Waals surface area contributed by atoms with Gasteiger partial charge in [-0.25, -0.2) is 4.98 Å². The second-order valence-electron chi connectivity index (χ2n) is 4.75. The van der Waals surface area contributed by atoms with Crippen LogP contribution in [-0.4, -0.2) is 10.7 Å². The molecule has 1 heterocycles. The predicted octanol–water partition coefficient (Wildman–Crippen LogP) is 3.62. The van der Waals surface area contributed by atoms with Crippen LogP contribution in [0.1, 0.15) is 30.4 Å². The van der Waals surface area contributed by atoms with Gasteiger partial charge in [0.1, 0.15) is 5.82 Å². The Morgan fingerprint density at radius 1 is 0.947 bits per heavy atom. The van der Waals surface area contributed by atoms with Crippen molar-refractivity contribution in [3.63, 3.8) is 0 Å². The molecule has 0 unspecified atom stereocenters. The Labute approximate surface area is 113 Å². The van der Waals surface area contributed by atoms with Crippen LogP contribution in [0.5, 0.6) is 0 Å². The third-order valence-electron chi connectivity index (χ3n) is 3.41. The number of pyridine rings is 1. The van der Waals surface area contributed by atoms with Gasteiger partial charge >= 0.3 is 0 Å². The van der Waals surface area contributed by atoms with Crippen molar-refractivity contribution in [2.45, 2.75) is 25.7 Å². The van der Waals surface area contributed by atoms with Gasteiger partial charge in [0, 0.05) is 11.8 Å². The van der Waals surface area contributed by atoms with E-state index in [4.69, 9.17) is 0 Å². The molecule has 3 heteroatoms. The minimum atomic E-state index is 0.789. The van der Waals surface area contributed by atoms with Crippen LogP contribution in [0.25, 0.3) is 0 Å². The van der Waals surface area contributed by atoms with Gasteiger partial charge in [0.15, 0.2) is 0 Å². The predicted molar refractivity (Wildman–Crippen MR) is 78.4 cm³/mol. The lowest BCUT2D eigenvalue weighted by atomic mass is 10.0. The van der Waals surface area contributed by atoms with Crippen molar-refractivity contribution in [3.05, 3.63) is 59.8 Å². The first-order chi connectivity index (χ1) is 9.43. The van der Waals surface area contributed by atoms with Gasteiger partial charge < -0.3 is 0 Å². The molecule has 0 bridgehead atoms. The van der Waals surface area contributed by atoms with Crippen molar-refractivity contribution in [1.82, 2.24) is 4.98 Å². The fourth-order valence-electron chi connectivity index (χ4n) is 2.43. The van der Waals surface area contributed by atoms with Crippen LogP contribution in [0.3, 0.4) is 0 Å². The van der Waals surface area contributed by atoms with Crippen LogP contribution in [0, 0.1) is 0 Å². The Morgan fingerprint density at radius 3 is 2.68 bits per heavy atom. The van der Waals surface area contributed by atoms with Crippen molar-refractivity contribution >= 4 is 11.5 Å². The first-order valence-corrected chi connectivity index (χ1v) is 6.75. The molecule has 0 spiro atoms. The van der Waals surface area contributed by atoms with E-state index in [1.165, 1.54) is 24.0 Å². The minimum absolute atomic E-state index is 0.789. The number of benzene rings is 1. The lowest BCUT2D eigenvalue weighted by Gasteiger charge is -2.08. The second kappa shape index (κ2) is 5.65. The van der Waals surface area contributed by atoms with Crippen LogP contribution in [0.15, 0.2) is 53.8 Å². The van der Waals surface area contributed by atoms with Crippen LogP contribution < -0.4 is 5.43 Å². The van der Waals surface area contributed by atoms with Crippen LogP contribution in [0.4, 0.5) is 5.82 Å².